The molecule has 5 heteroatoms. The van der Waals surface area contributed by atoms with Gasteiger partial charge in [-0.1, -0.05) is 36.4 Å². The highest BCUT2D eigenvalue weighted by atomic mass is 16.5. The molecule has 0 spiro atoms. The number of nitrogens with one attached hydrogen (secondary N) is 1. The summed E-state index contributed by atoms with van der Waals surface area (Å²) in [5.74, 6) is 0. The Kier molecular flexibility index (Phi) is 6.53. The molecule has 3 rings (SSSR count). The number of aliphatic hydroxyl groups is 1. The van der Waals surface area contributed by atoms with E-state index in [0.29, 0.717) is 13.2 Å². The summed E-state index contributed by atoms with van der Waals surface area (Å²) in [6.45, 7) is 2.85. The number of benzene rings is 1. The molecule has 0 aliphatic carbocycles. The van der Waals surface area contributed by atoms with Gasteiger partial charge in [-0.3, -0.25) is 4.98 Å². The van der Waals surface area contributed by atoms with Crippen molar-refractivity contribution in [2.45, 2.75) is 31.2 Å². The number of aliphatic hydroxyl groups excluding tert-OH is 1. The molecular formula is C20H27N3O2. The Bertz CT molecular complexity index is 623. The molecule has 3 unspecified atom stereocenters. The number of hydrogen-bond acceptors (Lipinski definition) is 5. The third-order valence-electron chi connectivity index (χ3n) is 4.67. The highest BCUT2D eigenvalue weighted by Crippen LogP contribution is 2.16. The molecule has 1 aromatic heterocycles. The van der Waals surface area contributed by atoms with Crippen molar-refractivity contribution >= 4 is 0 Å². The average Bonchev–Trinajstić information content (AvgIpc) is 3.00. The number of pyridine rings is 1. The van der Waals surface area contributed by atoms with E-state index in [1.807, 2.05) is 24.3 Å². The summed E-state index contributed by atoms with van der Waals surface area (Å²) in [6, 6.07) is 16.3. The molecular weight excluding hydrogens is 314 g/mol. The number of hydrogen-bond donors (Lipinski definition) is 2. The second kappa shape index (κ2) is 9.06. The molecule has 25 heavy (non-hydrogen) atoms. The molecule has 1 fully saturated rings. The number of aromatic nitrogens is 1. The standard InChI is InChI=1S/C20H27N3O2/c1-23(12-10-16-7-3-2-4-8-16)14-19-20(24)18(15-25-19)22-13-17-9-5-6-11-21-17/h2-9,11,18-20,22,24H,10,12-15H2,1H3. The van der Waals surface area contributed by atoms with E-state index in [4.69, 9.17) is 4.74 Å². The zero-order chi connectivity index (χ0) is 17.5. The molecule has 2 N–H and O–H groups in total. The van der Waals surface area contributed by atoms with Gasteiger partial charge in [-0.15, -0.1) is 0 Å². The topological polar surface area (TPSA) is 57.6 Å². The Hall–Kier alpha value is -1.79. The van der Waals surface area contributed by atoms with E-state index < -0.39 is 6.10 Å². The van der Waals surface area contributed by atoms with Crippen molar-refractivity contribution in [3.63, 3.8) is 0 Å². The van der Waals surface area contributed by atoms with Crippen LogP contribution in [0.4, 0.5) is 0 Å². The fourth-order valence-electron chi connectivity index (χ4n) is 3.13. The van der Waals surface area contributed by atoms with Gasteiger partial charge >= 0.3 is 0 Å². The van der Waals surface area contributed by atoms with Crippen molar-refractivity contribution in [2.24, 2.45) is 0 Å². The Labute approximate surface area is 149 Å². The average molecular weight is 341 g/mol. The number of rotatable bonds is 8. The normalized spacial score (nSPS) is 23.2. The molecule has 3 atom stereocenters. The lowest BCUT2D eigenvalue weighted by molar-refractivity contribution is 0.0202. The highest BCUT2D eigenvalue weighted by Gasteiger charge is 2.35. The summed E-state index contributed by atoms with van der Waals surface area (Å²) in [5.41, 5.74) is 2.30. The van der Waals surface area contributed by atoms with Crippen LogP contribution in [0.25, 0.3) is 0 Å². The van der Waals surface area contributed by atoms with Gasteiger partial charge in [-0.2, -0.15) is 0 Å². The van der Waals surface area contributed by atoms with Crippen LogP contribution >= 0.6 is 0 Å². The molecule has 1 aliphatic rings. The second-order valence-corrected chi connectivity index (χ2v) is 6.67. The molecule has 1 aromatic carbocycles. The van der Waals surface area contributed by atoms with Crippen molar-refractivity contribution in [2.75, 3.05) is 26.7 Å². The van der Waals surface area contributed by atoms with Gasteiger partial charge in [0.1, 0.15) is 0 Å². The van der Waals surface area contributed by atoms with Gasteiger partial charge in [0.25, 0.3) is 0 Å². The van der Waals surface area contributed by atoms with Gasteiger partial charge in [-0.25, -0.2) is 0 Å². The van der Waals surface area contributed by atoms with Gasteiger partial charge in [-0.05, 0) is 31.2 Å². The van der Waals surface area contributed by atoms with E-state index in [1.54, 1.807) is 6.20 Å². The Morgan fingerprint density at radius 3 is 2.76 bits per heavy atom. The van der Waals surface area contributed by atoms with Crippen LogP contribution in [0.15, 0.2) is 54.7 Å². The zero-order valence-corrected chi connectivity index (χ0v) is 14.7. The summed E-state index contributed by atoms with van der Waals surface area (Å²) in [5, 5.41) is 13.9. The molecule has 134 valence electrons. The van der Waals surface area contributed by atoms with Gasteiger partial charge in [0.15, 0.2) is 0 Å². The maximum absolute atomic E-state index is 10.5. The van der Waals surface area contributed by atoms with Gasteiger partial charge in [0, 0.05) is 25.8 Å². The third-order valence-corrected chi connectivity index (χ3v) is 4.67. The number of likely N-dealkylation sites (N-methyl/N-ethyl adjacent to an activating group) is 1. The van der Waals surface area contributed by atoms with Crippen LogP contribution in [0.2, 0.25) is 0 Å². The SMILES string of the molecule is CN(CCc1ccccc1)CC1OCC(NCc2ccccn2)C1O. The Morgan fingerprint density at radius 1 is 1.20 bits per heavy atom. The first-order valence-electron chi connectivity index (χ1n) is 8.88. The van der Waals surface area contributed by atoms with Crippen molar-refractivity contribution in [3.05, 3.63) is 66.0 Å². The largest absolute Gasteiger partial charge is 0.389 e. The van der Waals surface area contributed by atoms with Crippen molar-refractivity contribution in [3.8, 4) is 0 Å². The van der Waals surface area contributed by atoms with Crippen molar-refractivity contribution < 1.29 is 9.84 Å². The summed E-state index contributed by atoms with van der Waals surface area (Å²) in [6.07, 6.45) is 2.13. The second-order valence-electron chi connectivity index (χ2n) is 6.67. The first-order valence-corrected chi connectivity index (χ1v) is 8.88. The maximum atomic E-state index is 10.5. The van der Waals surface area contributed by atoms with Crippen LogP contribution in [0.1, 0.15) is 11.3 Å². The first-order chi connectivity index (χ1) is 12.2. The maximum Gasteiger partial charge on any atom is 0.0989 e. The van der Waals surface area contributed by atoms with Crippen LogP contribution in [0.5, 0.6) is 0 Å². The van der Waals surface area contributed by atoms with Crippen LogP contribution in [0, 0.1) is 0 Å². The van der Waals surface area contributed by atoms with Crippen molar-refractivity contribution in [1.82, 2.24) is 15.2 Å². The molecule has 2 heterocycles. The van der Waals surface area contributed by atoms with Crippen LogP contribution < -0.4 is 5.32 Å². The smallest absolute Gasteiger partial charge is 0.0989 e. The number of ether oxygens (including phenoxy) is 1. The fraction of sp³-hybridized carbons (Fsp3) is 0.450. The minimum atomic E-state index is -0.497. The molecule has 2 aromatic rings. The lowest BCUT2D eigenvalue weighted by Crippen LogP contribution is -2.44. The Balaban J connectivity index is 1.41. The minimum absolute atomic E-state index is 0.0467. The molecule has 1 saturated heterocycles. The zero-order valence-electron chi connectivity index (χ0n) is 14.7. The van der Waals surface area contributed by atoms with E-state index in [0.717, 1.165) is 25.2 Å². The van der Waals surface area contributed by atoms with Gasteiger partial charge in [0.05, 0.1) is 30.6 Å². The van der Waals surface area contributed by atoms with E-state index in [9.17, 15) is 5.11 Å². The highest BCUT2D eigenvalue weighted by molar-refractivity contribution is 5.14. The summed E-state index contributed by atoms with van der Waals surface area (Å²) >= 11 is 0. The third kappa shape index (κ3) is 5.34. The van der Waals surface area contributed by atoms with E-state index in [-0.39, 0.29) is 12.1 Å². The fourth-order valence-corrected chi connectivity index (χ4v) is 3.13. The summed E-state index contributed by atoms with van der Waals surface area (Å²) in [7, 11) is 2.08. The first kappa shape index (κ1) is 18.0. The molecule has 0 radical (unpaired) electrons. The monoisotopic (exact) mass is 341 g/mol. The summed E-state index contributed by atoms with van der Waals surface area (Å²) in [4.78, 5) is 6.52. The van der Waals surface area contributed by atoms with Gasteiger partial charge in [0.2, 0.25) is 0 Å². The van der Waals surface area contributed by atoms with Crippen LogP contribution in [-0.4, -0.2) is 60.0 Å². The predicted octanol–water partition coefficient (Wildman–Crippen LogP) is 1.47. The van der Waals surface area contributed by atoms with Gasteiger partial charge < -0.3 is 20.1 Å². The van der Waals surface area contributed by atoms with E-state index >= 15 is 0 Å². The lowest BCUT2D eigenvalue weighted by atomic mass is 10.1. The van der Waals surface area contributed by atoms with Crippen molar-refractivity contribution in [1.29, 1.82) is 0 Å². The number of nitrogens with zero attached hydrogens (tertiary/aromatic N) is 2. The predicted molar refractivity (Wildman–Crippen MR) is 98.3 cm³/mol. The minimum Gasteiger partial charge on any atom is -0.389 e. The molecule has 1 aliphatic heterocycles. The van der Waals surface area contributed by atoms with E-state index in [2.05, 4.69) is 46.5 Å². The van der Waals surface area contributed by atoms with E-state index in [1.165, 1.54) is 5.56 Å². The lowest BCUT2D eigenvalue weighted by Gasteiger charge is -2.24. The quantitative estimate of drug-likeness (QED) is 0.762. The molecule has 0 amide bonds. The molecule has 0 saturated carbocycles. The molecule has 5 nitrogen and oxygen atoms in total. The molecule has 0 bridgehead atoms. The Morgan fingerprint density at radius 2 is 2.00 bits per heavy atom. The van der Waals surface area contributed by atoms with Crippen LogP contribution in [-0.2, 0) is 17.7 Å². The van der Waals surface area contributed by atoms with Crippen LogP contribution in [0.3, 0.4) is 0 Å². The summed E-state index contributed by atoms with van der Waals surface area (Å²) < 4.78 is 5.81.